The van der Waals surface area contributed by atoms with Crippen LogP contribution < -0.4 is 4.90 Å². The van der Waals surface area contributed by atoms with Gasteiger partial charge >= 0.3 is 5.97 Å². The lowest BCUT2D eigenvalue weighted by atomic mass is 10.2. The lowest BCUT2D eigenvalue weighted by Gasteiger charge is -2.16. The maximum absolute atomic E-state index is 10.6. The van der Waals surface area contributed by atoms with Crippen molar-refractivity contribution in [3.63, 3.8) is 0 Å². The largest absolute Gasteiger partial charge is 0.480 e. The molecule has 6 nitrogen and oxygen atoms in total. The van der Waals surface area contributed by atoms with E-state index in [4.69, 9.17) is 17.3 Å². The molecule has 0 spiro atoms. The third kappa shape index (κ3) is 2.57. The Morgan fingerprint density at radius 2 is 2.17 bits per heavy atom. The molecule has 1 aromatic heterocycles. The molecule has 0 unspecified atom stereocenters. The summed E-state index contributed by atoms with van der Waals surface area (Å²) in [6, 6.07) is 7.40. The number of benzene rings is 1. The molecule has 0 saturated heterocycles. The number of carbonyl (C=O) groups is 1. The molecule has 0 bridgehead atoms. The number of hydrogen-bond donors (Lipinski definition) is 2. The topological polar surface area (TPSA) is 74.2 Å². The van der Waals surface area contributed by atoms with Crippen LogP contribution in [0.25, 0.3) is 5.69 Å². The van der Waals surface area contributed by atoms with Crippen molar-refractivity contribution in [1.82, 2.24) is 14.8 Å². The van der Waals surface area contributed by atoms with Crippen LogP contribution in [0.2, 0.25) is 0 Å². The molecule has 18 heavy (non-hydrogen) atoms. The molecule has 0 aliphatic rings. The number of nitrogens with zero attached hydrogens (tertiary/aromatic N) is 3. The summed E-state index contributed by atoms with van der Waals surface area (Å²) in [4.78, 5) is 12.3. The Labute approximate surface area is 108 Å². The zero-order chi connectivity index (χ0) is 13.1. The van der Waals surface area contributed by atoms with Crippen LogP contribution in [0, 0.1) is 4.77 Å². The van der Waals surface area contributed by atoms with Crippen LogP contribution >= 0.6 is 12.2 Å². The van der Waals surface area contributed by atoms with Gasteiger partial charge in [-0.1, -0.05) is 0 Å². The number of anilines is 1. The van der Waals surface area contributed by atoms with Crippen LogP contribution in [0.3, 0.4) is 0 Å². The van der Waals surface area contributed by atoms with Gasteiger partial charge < -0.3 is 10.0 Å². The van der Waals surface area contributed by atoms with E-state index in [1.165, 1.54) is 0 Å². The van der Waals surface area contributed by atoms with Gasteiger partial charge in [0.25, 0.3) is 0 Å². The maximum Gasteiger partial charge on any atom is 0.323 e. The number of likely N-dealkylation sites (N-methyl/N-ethyl adjacent to an activating group) is 1. The number of aromatic nitrogens is 3. The molecular formula is C11H12N4O2S. The van der Waals surface area contributed by atoms with Crippen molar-refractivity contribution in [2.24, 2.45) is 0 Å². The van der Waals surface area contributed by atoms with E-state index in [2.05, 4.69) is 10.2 Å². The molecule has 2 rings (SSSR count). The molecule has 7 heteroatoms. The molecule has 0 atom stereocenters. The first-order valence-electron chi connectivity index (χ1n) is 5.23. The van der Waals surface area contributed by atoms with Crippen LogP contribution in [0.15, 0.2) is 30.6 Å². The highest BCUT2D eigenvalue weighted by Gasteiger charge is 2.06. The van der Waals surface area contributed by atoms with Crippen molar-refractivity contribution in [2.75, 3.05) is 18.5 Å². The quantitative estimate of drug-likeness (QED) is 0.818. The van der Waals surface area contributed by atoms with Crippen LogP contribution in [-0.4, -0.2) is 39.4 Å². The molecule has 0 fully saturated rings. The summed E-state index contributed by atoms with van der Waals surface area (Å²) in [5.74, 6) is -0.862. The lowest BCUT2D eigenvalue weighted by Crippen LogP contribution is -2.24. The zero-order valence-electron chi connectivity index (χ0n) is 9.70. The summed E-state index contributed by atoms with van der Waals surface area (Å²) in [5.41, 5.74) is 1.71. The van der Waals surface area contributed by atoms with Gasteiger partial charge in [-0.15, -0.1) is 0 Å². The van der Waals surface area contributed by atoms with Gasteiger partial charge in [0, 0.05) is 18.4 Å². The molecule has 0 aliphatic carbocycles. The van der Waals surface area contributed by atoms with Gasteiger partial charge in [-0.25, -0.2) is 0 Å². The Hall–Kier alpha value is -2.15. The molecule has 0 saturated carbocycles. The average molecular weight is 264 g/mol. The third-order valence-electron chi connectivity index (χ3n) is 2.49. The fourth-order valence-corrected chi connectivity index (χ4v) is 1.80. The van der Waals surface area contributed by atoms with Crippen molar-refractivity contribution in [1.29, 1.82) is 0 Å². The second-order valence-electron chi connectivity index (χ2n) is 3.80. The number of aromatic amines is 1. The number of carboxylic acid groups (broad SMARTS) is 1. The second kappa shape index (κ2) is 5.01. The first-order chi connectivity index (χ1) is 8.58. The summed E-state index contributed by atoms with van der Waals surface area (Å²) in [5, 5.41) is 15.2. The Morgan fingerprint density at radius 3 is 2.67 bits per heavy atom. The van der Waals surface area contributed by atoms with Crippen molar-refractivity contribution >= 4 is 23.9 Å². The monoisotopic (exact) mass is 264 g/mol. The smallest absolute Gasteiger partial charge is 0.323 e. The summed E-state index contributed by atoms with van der Waals surface area (Å²) in [6.45, 7) is -0.0372. The summed E-state index contributed by atoms with van der Waals surface area (Å²) >= 11 is 5.07. The predicted molar refractivity (Wildman–Crippen MR) is 69.7 cm³/mol. The molecular weight excluding hydrogens is 252 g/mol. The summed E-state index contributed by atoms with van der Waals surface area (Å²) in [6.07, 6.45) is 1.60. The predicted octanol–water partition coefficient (Wildman–Crippen LogP) is 1.45. The van der Waals surface area contributed by atoms with Gasteiger partial charge in [0.2, 0.25) is 0 Å². The summed E-state index contributed by atoms with van der Waals surface area (Å²) in [7, 11) is 1.73. The Morgan fingerprint density at radius 1 is 1.50 bits per heavy atom. The maximum atomic E-state index is 10.6. The fraction of sp³-hybridized carbons (Fsp3) is 0.182. The molecule has 0 aliphatic heterocycles. The van der Waals surface area contributed by atoms with Crippen molar-refractivity contribution in [3.8, 4) is 5.69 Å². The van der Waals surface area contributed by atoms with E-state index in [1.807, 2.05) is 24.3 Å². The number of hydrogen-bond acceptors (Lipinski definition) is 4. The Bertz CT molecular complexity index is 602. The molecule has 0 radical (unpaired) electrons. The number of carboxylic acids is 1. The normalized spacial score (nSPS) is 10.3. The number of H-pyrrole nitrogens is 1. The Balaban J connectivity index is 2.23. The van der Waals surface area contributed by atoms with Gasteiger partial charge in [-0.3, -0.25) is 14.5 Å². The van der Waals surface area contributed by atoms with E-state index in [-0.39, 0.29) is 6.54 Å². The highest BCUT2D eigenvalue weighted by Crippen LogP contribution is 2.16. The lowest BCUT2D eigenvalue weighted by molar-refractivity contribution is -0.135. The standard InChI is InChI=1S/C11H12N4O2S/c1-14(6-10(16)17)8-2-4-9(5-3-8)15-7-12-13-11(15)18/h2-5,7H,6H2,1H3,(H,13,18)(H,16,17). The van der Waals surface area contributed by atoms with E-state index < -0.39 is 5.97 Å². The van der Waals surface area contributed by atoms with Gasteiger partial charge in [-0.05, 0) is 36.5 Å². The van der Waals surface area contributed by atoms with Gasteiger partial charge in [0.15, 0.2) is 4.77 Å². The van der Waals surface area contributed by atoms with E-state index in [0.29, 0.717) is 4.77 Å². The molecule has 1 heterocycles. The van der Waals surface area contributed by atoms with E-state index in [0.717, 1.165) is 11.4 Å². The molecule has 1 aromatic carbocycles. The number of aliphatic carboxylic acids is 1. The van der Waals surface area contributed by atoms with Crippen LogP contribution in [0.1, 0.15) is 0 Å². The molecule has 0 amide bonds. The minimum atomic E-state index is -0.862. The highest BCUT2D eigenvalue weighted by atomic mass is 32.1. The van der Waals surface area contributed by atoms with Crippen molar-refractivity contribution in [3.05, 3.63) is 35.4 Å². The molecule has 2 aromatic rings. The minimum absolute atomic E-state index is 0.0372. The molecule has 2 N–H and O–H groups in total. The van der Waals surface area contributed by atoms with Crippen LogP contribution in [0.5, 0.6) is 0 Å². The van der Waals surface area contributed by atoms with Gasteiger partial charge in [-0.2, -0.15) is 5.10 Å². The van der Waals surface area contributed by atoms with Gasteiger partial charge in [0.05, 0.1) is 0 Å². The van der Waals surface area contributed by atoms with Crippen molar-refractivity contribution in [2.45, 2.75) is 0 Å². The van der Waals surface area contributed by atoms with E-state index in [1.54, 1.807) is 22.8 Å². The SMILES string of the molecule is CN(CC(=O)O)c1ccc(-n2cn[nH]c2=S)cc1. The second-order valence-corrected chi connectivity index (χ2v) is 4.18. The zero-order valence-corrected chi connectivity index (χ0v) is 10.5. The third-order valence-corrected chi connectivity index (χ3v) is 2.78. The number of rotatable bonds is 4. The van der Waals surface area contributed by atoms with Gasteiger partial charge in [0.1, 0.15) is 12.9 Å². The molecule has 94 valence electrons. The summed E-state index contributed by atoms with van der Waals surface area (Å²) < 4.78 is 2.25. The van der Waals surface area contributed by atoms with E-state index in [9.17, 15) is 4.79 Å². The Kier molecular flexibility index (Phi) is 3.42. The first kappa shape index (κ1) is 12.3. The fourth-order valence-electron chi connectivity index (χ4n) is 1.59. The van der Waals surface area contributed by atoms with Crippen LogP contribution in [-0.2, 0) is 4.79 Å². The minimum Gasteiger partial charge on any atom is -0.480 e. The first-order valence-corrected chi connectivity index (χ1v) is 5.64. The number of nitrogens with one attached hydrogen (secondary N) is 1. The highest BCUT2D eigenvalue weighted by molar-refractivity contribution is 7.71. The van der Waals surface area contributed by atoms with Crippen LogP contribution in [0.4, 0.5) is 5.69 Å². The average Bonchev–Trinajstić information content (AvgIpc) is 2.75. The van der Waals surface area contributed by atoms with Crippen molar-refractivity contribution < 1.29 is 9.90 Å². The van der Waals surface area contributed by atoms with E-state index >= 15 is 0 Å².